The fourth-order valence-corrected chi connectivity index (χ4v) is 1.44. The SMILES string of the molecule is CN(C)Cc1[c-]c(CN(C)C)ccc1.[I][Pt+]. The quantitative estimate of drug-likeness (QED) is 0.452. The molecule has 0 atom stereocenters. The van der Waals surface area contributed by atoms with Crippen LogP contribution in [0.2, 0.25) is 0 Å². The van der Waals surface area contributed by atoms with E-state index in [4.69, 9.17) is 0 Å². The minimum atomic E-state index is 0.960. The van der Waals surface area contributed by atoms with Crippen LogP contribution in [0.1, 0.15) is 11.1 Å². The van der Waals surface area contributed by atoms with E-state index in [9.17, 15) is 0 Å². The molecular weight excluding hydrogens is 494 g/mol. The van der Waals surface area contributed by atoms with Crippen molar-refractivity contribution in [3.05, 3.63) is 35.4 Å². The summed E-state index contributed by atoms with van der Waals surface area (Å²) in [5.41, 5.74) is 2.52. The monoisotopic (exact) mass is 513 g/mol. The zero-order chi connectivity index (χ0) is 12.6. The molecule has 1 aromatic rings. The third kappa shape index (κ3) is 7.77. The summed E-state index contributed by atoms with van der Waals surface area (Å²) in [5, 5.41) is 0. The van der Waals surface area contributed by atoms with E-state index >= 15 is 0 Å². The Morgan fingerprint density at radius 2 is 1.38 bits per heavy atom. The number of hydrogen-bond acceptors (Lipinski definition) is 2. The third-order valence-electron chi connectivity index (χ3n) is 1.89. The first-order chi connectivity index (χ1) is 7.58. The van der Waals surface area contributed by atoms with Crippen molar-refractivity contribution < 1.29 is 16.1 Å². The number of rotatable bonds is 4. The molecule has 16 heavy (non-hydrogen) atoms. The van der Waals surface area contributed by atoms with Gasteiger partial charge in [-0.3, -0.25) is 0 Å². The number of nitrogens with zero attached hydrogens (tertiary/aromatic N) is 2. The molecule has 2 nitrogen and oxygen atoms in total. The van der Waals surface area contributed by atoms with Gasteiger partial charge in [-0.1, -0.05) is 0 Å². The van der Waals surface area contributed by atoms with Crippen LogP contribution >= 0.6 is 19.4 Å². The van der Waals surface area contributed by atoms with Crippen molar-refractivity contribution in [3.63, 3.8) is 0 Å². The molecule has 0 spiro atoms. The predicted molar refractivity (Wildman–Crippen MR) is 74.1 cm³/mol. The summed E-state index contributed by atoms with van der Waals surface area (Å²) in [7, 11) is 8.30. The van der Waals surface area contributed by atoms with Crippen LogP contribution in [0.5, 0.6) is 0 Å². The minimum absolute atomic E-state index is 0.960. The molecular formula is C12H19IN2Pt. The maximum atomic E-state index is 3.42. The standard InChI is InChI=1S/C12H19N2.HI.Pt/c1-13(2)9-11-6-5-7-12(8-11)10-14(3)4;;/h5-7H,9-10H2,1-4H3;1H;/q-1;;+2/p-1. The number of halogens is 1. The van der Waals surface area contributed by atoms with Gasteiger partial charge in [-0.25, -0.2) is 0 Å². The van der Waals surface area contributed by atoms with Crippen molar-refractivity contribution in [1.82, 2.24) is 9.80 Å². The molecule has 0 aliphatic heterocycles. The first-order valence-corrected chi connectivity index (χ1v) is 11.4. The molecule has 0 aromatic heterocycles. The fourth-order valence-electron chi connectivity index (χ4n) is 1.44. The molecule has 1 aromatic carbocycles. The second-order valence-corrected chi connectivity index (χ2v) is 4.18. The van der Waals surface area contributed by atoms with Crippen molar-refractivity contribution in [3.8, 4) is 0 Å². The Kier molecular flexibility index (Phi) is 9.91. The number of benzene rings is 1. The second-order valence-electron chi connectivity index (χ2n) is 4.18. The van der Waals surface area contributed by atoms with Gasteiger partial charge in [0, 0.05) is 13.1 Å². The fraction of sp³-hybridized carbons (Fsp3) is 0.500. The summed E-state index contributed by atoms with van der Waals surface area (Å²) in [6.45, 7) is 1.92. The van der Waals surface area contributed by atoms with E-state index in [1.807, 2.05) is 0 Å². The summed E-state index contributed by atoms with van der Waals surface area (Å²) in [6.07, 6.45) is 0. The van der Waals surface area contributed by atoms with Crippen molar-refractivity contribution >= 4 is 19.4 Å². The van der Waals surface area contributed by atoms with Gasteiger partial charge in [0.15, 0.2) is 0 Å². The van der Waals surface area contributed by atoms with Crippen LogP contribution in [0.4, 0.5) is 0 Å². The average Bonchev–Trinajstić information content (AvgIpc) is 2.19. The zero-order valence-corrected chi connectivity index (χ0v) is 14.7. The average molecular weight is 513 g/mol. The first kappa shape index (κ1) is 16.6. The van der Waals surface area contributed by atoms with Gasteiger partial charge in [0.1, 0.15) is 0 Å². The Labute approximate surface area is 121 Å². The van der Waals surface area contributed by atoms with E-state index in [-0.39, 0.29) is 0 Å². The van der Waals surface area contributed by atoms with Crippen molar-refractivity contribution in [1.29, 1.82) is 0 Å². The van der Waals surface area contributed by atoms with Gasteiger partial charge in [0.25, 0.3) is 0 Å². The predicted octanol–water partition coefficient (Wildman–Crippen LogP) is 2.49. The molecule has 4 heteroatoms. The molecule has 0 saturated carbocycles. The summed E-state index contributed by atoms with van der Waals surface area (Å²) in [6, 6.07) is 9.78. The molecule has 94 valence electrons. The zero-order valence-electron chi connectivity index (χ0n) is 10.2. The molecule has 0 heterocycles. The molecule has 0 amide bonds. The summed E-state index contributed by atoms with van der Waals surface area (Å²) < 4.78 is 0. The normalized spacial score (nSPS) is 10.3. The molecule has 0 N–H and O–H groups in total. The maximum absolute atomic E-state index is 3.42. The van der Waals surface area contributed by atoms with E-state index in [1.54, 1.807) is 0 Å². The molecule has 0 bridgehead atoms. The van der Waals surface area contributed by atoms with Gasteiger partial charge in [-0.05, 0) is 28.2 Å². The van der Waals surface area contributed by atoms with Crippen LogP contribution in [-0.4, -0.2) is 38.0 Å². The third-order valence-corrected chi connectivity index (χ3v) is 1.89. The van der Waals surface area contributed by atoms with Crippen LogP contribution in [0, 0.1) is 6.07 Å². The Hall–Kier alpha value is 0.558. The van der Waals surface area contributed by atoms with E-state index < -0.39 is 0 Å². The summed E-state index contributed by atoms with van der Waals surface area (Å²) in [5.74, 6) is 0. The van der Waals surface area contributed by atoms with Gasteiger partial charge < -0.3 is 9.80 Å². The van der Waals surface area contributed by atoms with Gasteiger partial charge in [0.05, 0.1) is 0 Å². The van der Waals surface area contributed by atoms with Crippen LogP contribution in [-0.2, 0) is 29.2 Å². The molecule has 0 aliphatic rings. The Morgan fingerprint density at radius 3 is 1.69 bits per heavy atom. The van der Waals surface area contributed by atoms with Crippen LogP contribution in [0.15, 0.2) is 18.2 Å². The van der Waals surface area contributed by atoms with Crippen LogP contribution in [0.3, 0.4) is 0 Å². The molecule has 0 aliphatic carbocycles. The molecule has 0 unspecified atom stereocenters. The topological polar surface area (TPSA) is 6.48 Å². The van der Waals surface area contributed by atoms with Crippen molar-refractivity contribution in [2.45, 2.75) is 13.1 Å². The van der Waals surface area contributed by atoms with Gasteiger partial charge >= 0.3 is 35.5 Å². The first-order valence-electron chi connectivity index (χ1n) is 4.99. The van der Waals surface area contributed by atoms with Gasteiger partial charge in [0.2, 0.25) is 0 Å². The second kappa shape index (κ2) is 9.57. The van der Waals surface area contributed by atoms with Crippen molar-refractivity contribution in [2.75, 3.05) is 28.2 Å². The summed E-state index contributed by atoms with van der Waals surface area (Å²) >= 11 is 4.23. The van der Waals surface area contributed by atoms with E-state index in [1.165, 1.54) is 11.1 Å². The van der Waals surface area contributed by atoms with Crippen LogP contribution in [0.25, 0.3) is 0 Å². The Bertz CT molecular complexity index is 265. The number of hydrogen-bond donors (Lipinski definition) is 0. The molecule has 0 fully saturated rings. The van der Waals surface area contributed by atoms with Gasteiger partial charge in [-0.15, -0.1) is 11.1 Å². The molecule has 0 saturated heterocycles. The van der Waals surface area contributed by atoms with E-state index in [2.05, 4.69) is 97.7 Å². The molecule has 0 radical (unpaired) electrons. The van der Waals surface area contributed by atoms with E-state index in [0.29, 0.717) is 0 Å². The van der Waals surface area contributed by atoms with E-state index in [0.717, 1.165) is 13.1 Å². The Morgan fingerprint density at radius 1 is 1.00 bits per heavy atom. The van der Waals surface area contributed by atoms with Gasteiger partial charge in [-0.2, -0.15) is 24.3 Å². The van der Waals surface area contributed by atoms with Crippen LogP contribution < -0.4 is 0 Å². The summed E-state index contributed by atoms with van der Waals surface area (Å²) in [4.78, 5) is 4.32. The molecule has 1 rings (SSSR count). The van der Waals surface area contributed by atoms with Crippen molar-refractivity contribution in [2.24, 2.45) is 0 Å². The Balaban J connectivity index is 0.00000106.